The maximum Gasteiger partial charge on any atom is 0.337 e. The number of thiocarbonyl (C=S) groups is 1. The molecule has 1 aliphatic rings. The summed E-state index contributed by atoms with van der Waals surface area (Å²) in [6, 6.07) is 25.8. The molecule has 2 aromatic carbocycles. The van der Waals surface area contributed by atoms with Crippen LogP contribution in [0.15, 0.2) is 91.3 Å². The Morgan fingerprint density at radius 1 is 0.972 bits per heavy atom. The summed E-state index contributed by atoms with van der Waals surface area (Å²) in [4.78, 5) is 18.8. The van der Waals surface area contributed by atoms with Gasteiger partial charge in [-0.2, -0.15) is 0 Å². The van der Waals surface area contributed by atoms with Crippen molar-refractivity contribution in [2.24, 2.45) is 0 Å². The van der Waals surface area contributed by atoms with Gasteiger partial charge in [-0.25, -0.2) is 4.79 Å². The standard InChI is InChI=1S/C29H28N4O2S/c1-19(2)20-9-15-23(16-10-20)33-27(26(31-29(33)36)24-7-4-5-17-30-24)25-8-6-18-32(25)22-13-11-21(12-14-22)28(34)35-3/h4-19,26-27H,1-3H3,(H,31,36)/t26-,27-/m0/s1. The van der Waals surface area contributed by atoms with Gasteiger partial charge in [-0.1, -0.05) is 32.0 Å². The number of hydrogen-bond acceptors (Lipinski definition) is 4. The molecule has 1 saturated heterocycles. The lowest BCUT2D eigenvalue weighted by Gasteiger charge is -2.29. The lowest BCUT2D eigenvalue weighted by atomic mass is 9.99. The fourth-order valence-corrected chi connectivity index (χ4v) is 5.05. The number of benzene rings is 2. The molecule has 1 aliphatic heterocycles. The highest BCUT2D eigenvalue weighted by Crippen LogP contribution is 2.42. The van der Waals surface area contributed by atoms with Gasteiger partial charge in [-0.3, -0.25) is 4.98 Å². The van der Waals surface area contributed by atoms with E-state index in [9.17, 15) is 4.79 Å². The quantitative estimate of drug-likeness (QED) is 0.263. The first-order valence-corrected chi connectivity index (χ1v) is 12.4. The highest BCUT2D eigenvalue weighted by molar-refractivity contribution is 7.80. The molecule has 1 N–H and O–H groups in total. The number of hydrogen-bond donors (Lipinski definition) is 1. The highest BCUT2D eigenvalue weighted by atomic mass is 32.1. The van der Waals surface area contributed by atoms with Crippen molar-refractivity contribution in [3.63, 3.8) is 0 Å². The minimum absolute atomic E-state index is 0.146. The monoisotopic (exact) mass is 496 g/mol. The van der Waals surface area contributed by atoms with Gasteiger partial charge in [0.2, 0.25) is 0 Å². The summed E-state index contributed by atoms with van der Waals surface area (Å²) >= 11 is 5.88. The molecule has 3 heterocycles. The molecule has 182 valence electrons. The summed E-state index contributed by atoms with van der Waals surface area (Å²) in [6.45, 7) is 4.38. The summed E-state index contributed by atoms with van der Waals surface area (Å²) in [5, 5.41) is 4.18. The minimum atomic E-state index is -0.356. The molecule has 7 heteroatoms. The van der Waals surface area contributed by atoms with Crippen LogP contribution in [-0.2, 0) is 4.74 Å². The molecular formula is C29H28N4O2S. The molecule has 6 nitrogen and oxygen atoms in total. The number of pyridine rings is 1. The van der Waals surface area contributed by atoms with E-state index < -0.39 is 0 Å². The van der Waals surface area contributed by atoms with E-state index in [0.717, 1.165) is 22.8 Å². The van der Waals surface area contributed by atoms with Gasteiger partial charge in [-0.05, 0) is 84.4 Å². The third-order valence-electron chi connectivity index (χ3n) is 6.59. The summed E-state index contributed by atoms with van der Waals surface area (Å²) < 4.78 is 6.98. The zero-order chi connectivity index (χ0) is 25.2. The summed E-state index contributed by atoms with van der Waals surface area (Å²) in [5.41, 5.74) is 5.72. The van der Waals surface area contributed by atoms with Gasteiger partial charge >= 0.3 is 5.97 Å². The highest BCUT2D eigenvalue weighted by Gasteiger charge is 2.42. The number of carbonyl (C=O) groups excluding carboxylic acids is 1. The van der Waals surface area contributed by atoms with Crippen LogP contribution in [0.25, 0.3) is 5.69 Å². The van der Waals surface area contributed by atoms with Gasteiger partial charge in [0.25, 0.3) is 0 Å². The second kappa shape index (κ2) is 9.95. The summed E-state index contributed by atoms with van der Waals surface area (Å²) in [5.74, 6) is 0.0934. The van der Waals surface area contributed by atoms with E-state index in [-0.39, 0.29) is 18.1 Å². The van der Waals surface area contributed by atoms with Crippen LogP contribution in [0.1, 0.15) is 59.2 Å². The SMILES string of the molecule is COC(=O)c1ccc(-n2cccc2[C@H]2[C@H](c3ccccn3)NC(=S)N2c2ccc(C(C)C)cc2)cc1. The molecule has 0 spiro atoms. The predicted molar refractivity (Wildman–Crippen MR) is 146 cm³/mol. The van der Waals surface area contributed by atoms with E-state index in [0.29, 0.717) is 16.6 Å². The van der Waals surface area contributed by atoms with Crippen molar-refractivity contribution < 1.29 is 9.53 Å². The largest absolute Gasteiger partial charge is 0.465 e. The number of carbonyl (C=O) groups is 1. The Kier molecular flexibility index (Phi) is 6.57. The summed E-state index contributed by atoms with van der Waals surface area (Å²) in [7, 11) is 1.39. The number of anilines is 1. The Balaban J connectivity index is 1.60. The molecule has 2 aromatic heterocycles. The second-order valence-corrected chi connectivity index (χ2v) is 9.47. The molecule has 0 saturated carbocycles. The van der Waals surface area contributed by atoms with Crippen LogP contribution in [0.2, 0.25) is 0 Å². The van der Waals surface area contributed by atoms with Gasteiger partial charge in [0.05, 0.1) is 24.4 Å². The smallest absolute Gasteiger partial charge is 0.337 e. The van der Waals surface area contributed by atoms with Gasteiger partial charge in [0.15, 0.2) is 5.11 Å². The predicted octanol–water partition coefficient (Wildman–Crippen LogP) is 5.96. The number of esters is 1. The molecule has 2 atom stereocenters. The van der Waals surface area contributed by atoms with Crippen LogP contribution in [0.5, 0.6) is 0 Å². The average Bonchev–Trinajstić information content (AvgIpc) is 3.53. The van der Waals surface area contributed by atoms with Gasteiger partial charge in [0.1, 0.15) is 6.04 Å². The Bertz CT molecular complexity index is 1360. The van der Waals surface area contributed by atoms with E-state index in [1.807, 2.05) is 48.8 Å². The van der Waals surface area contributed by atoms with Crippen molar-refractivity contribution in [2.45, 2.75) is 31.8 Å². The van der Waals surface area contributed by atoms with Gasteiger partial charge in [-0.15, -0.1) is 0 Å². The van der Waals surface area contributed by atoms with Crippen LogP contribution < -0.4 is 10.2 Å². The fourth-order valence-electron chi connectivity index (χ4n) is 4.70. The van der Waals surface area contributed by atoms with Crippen molar-refractivity contribution >= 4 is 29.0 Å². The lowest BCUT2D eigenvalue weighted by Crippen LogP contribution is -2.30. The molecule has 36 heavy (non-hydrogen) atoms. The van der Waals surface area contributed by atoms with Crippen molar-refractivity contribution in [1.82, 2.24) is 14.9 Å². The Hall–Kier alpha value is -3.97. The van der Waals surface area contributed by atoms with Crippen LogP contribution in [0.4, 0.5) is 5.69 Å². The molecule has 0 bridgehead atoms. The van der Waals surface area contributed by atoms with E-state index >= 15 is 0 Å². The van der Waals surface area contributed by atoms with E-state index in [1.165, 1.54) is 12.7 Å². The number of rotatable bonds is 6. The van der Waals surface area contributed by atoms with Crippen LogP contribution >= 0.6 is 12.2 Å². The van der Waals surface area contributed by atoms with Crippen molar-refractivity contribution in [3.8, 4) is 5.69 Å². The molecule has 1 fully saturated rings. The average molecular weight is 497 g/mol. The zero-order valence-electron chi connectivity index (χ0n) is 20.5. The summed E-state index contributed by atoms with van der Waals surface area (Å²) in [6.07, 6.45) is 3.83. The Morgan fingerprint density at radius 3 is 2.33 bits per heavy atom. The number of nitrogens with zero attached hydrogens (tertiary/aromatic N) is 3. The minimum Gasteiger partial charge on any atom is -0.465 e. The molecule has 0 unspecified atom stereocenters. The van der Waals surface area contributed by atoms with E-state index in [1.54, 1.807) is 12.1 Å². The van der Waals surface area contributed by atoms with Crippen molar-refractivity contribution in [2.75, 3.05) is 12.0 Å². The second-order valence-electron chi connectivity index (χ2n) is 9.08. The Labute approximate surface area is 216 Å². The lowest BCUT2D eigenvalue weighted by molar-refractivity contribution is 0.0600. The number of methoxy groups -OCH3 is 1. The first-order chi connectivity index (χ1) is 17.5. The van der Waals surface area contributed by atoms with Crippen molar-refractivity contribution in [3.05, 3.63) is 114 Å². The Morgan fingerprint density at radius 2 is 1.69 bits per heavy atom. The molecule has 0 aliphatic carbocycles. The third kappa shape index (κ3) is 4.38. The zero-order valence-corrected chi connectivity index (χ0v) is 21.3. The number of aromatic nitrogens is 2. The van der Waals surface area contributed by atoms with E-state index in [2.05, 4.69) is 63.9 Å². The topological polar surface area (TPSA) is 59.4 Å². The molecule has 0 radical (unpaired) electrons. The molecule has 4 aromatic rings. The molecule has 5 rings (SSSR count). The maximum absolute atomic E-state index is 11.9. The van der Waals surface area contributed by atoms with Crippen molar-refractivity contribution in [1.29, 1.82) is 0 Å². The van der Waals surface area contributed by atoms with Crippen LogP contribution in [-0.4, -0.2) is 27.7 Å². The number of nitrogens with one attached hydrogen (secondary N) is 1. The van der Waals surface area contributed by atoms with Gasteiger partial charge in [0, 0.05) is 29.5 Å². The maximum atomic E-state index is 11.9. The number of ether oxygens (including phenoxy) is 1. The molecular weight excluding hydrogens is 468 g/mol. The first kappa shape index (κ1) is 23.8. The normalized spacial score (nSPS) is 17.3. The van der Waals surface area contributed by atoms with Crippen LogP contribution in [0, 0.1) is 0 Å². The van der Waals surface area contributed by atoms with Gasteiger partial charge < -0.3 is 19.5 Å². The van der Waals surface area contributed by atoms with E-state index in [4.69, 9.17) is 17.0 Å². The fraction of sp³-hybridized carbons (Fsp3) is 0.207. The van der Waals surface area contributed by atoms with Crippen LogP contribution in [0.3, 0.4) is 0 Å². The molecule has 0 amide bonds. The first-order valence-electron chi connectivity index (χ1n) is 11.9. The third-order valence-corrected chi connectivity index (χ3v) is 6.90.